The third-order valence-corrected chi connectivity index (χ3v) is 3.38. The first-order valence-corrected chi connectivity index (χ1v) is 6.34. The minimum Gasteiger partial charge on any atom is -0.480 e. The highest BCUT2D eigenvalue weighted by molar-refractivity contribution is 5.99. The second-order valence-electron chi connectivity index (χ2n) is 4.42. The van der Waals surface area contributed by atoms with E-state index in [-0.39, 0.29) is 19.4 Å². The van der Waals surface area contributed by atoms with Gasteiger partial charge < -0.3 is 14.4 Å². The molecule has 0 aromatic carbocycles. The summed E-state index contributed by atoms with van der Waals surface area (Å²) < 4.78 is 6.73. The van der Waals surface area contributed by atoms with Gasteiger partial charge in [-0.15, -0.1) is 0 Å². The smallest absolute Gasteiger partial charge is 0.323 e. The average Bonchev–Trinajstić information content (AvgIpc) is 2.76. The van der Waals surface area contributed by atoms with Crippen molar-refractivity contribution >= 4 is 11.9 Å². The van der Waals surface area contributed by atoms with Gasteiger partial charge in [-0.1, -0.05) is 6.92 Å². The highest BCUT2D eigenvalue weighted by atomic mass is 16.5. The zero-order chi connectivity index (χ0) is 14.5. The number of carbonyl (C=O) groups is 2. The molecule has 1 heterocycles. The maximum absolute atomic E-state index is 12.0. The van der Waals surface area contributed by atoms with Crippen molar-refractivity contribution in [1.82, 2.24) is 9.55 Å². The van der Waals surface area contributed by atoms with E-state index in [0.717, 1.165) is 5.82 Å². The van der Waals surface area contributed by atoms with Crippen LogP contribution in [0.5, 0.6) is 0 Å². The van der Waals surface area contributed by atoms with E-state index >= 15 is 0 Å². The molecule has 0 bridgehead atoms. The summed E-state index contributed by atoms with van der Waals surface area (Å²) in [5.41, 5.74) is -1.48. The normalized spacial score (nSPS) is 13.8. The van der Waals surface area contributed by atoms with Gasteiger partial charge in [-0.05, 0) is 19.8 Å². The third-order valence-electron chi connectivity index (χ3n) is 3.38. The molecule has 0 spiro atoms. The Morgan fingerprint density at radius 3 is 2.58 bits per heavy atom. The van der Waals surface area contributed by atoms with Gasteiger partial charge in [0.2, 0.25) is 0 Å². The van der Waals surface area contributed by atoms with Gasteiger partial charge in [0.25, 0.3) is 0 Å². The van der Waals surface area contributed by atoms with Crippen LogP contribution in [-0.2, 0) is 27.8 Å². The van der Waals surface area contributed by atoms with Crippen LogP contribution in [0.15, 0.2) is 12.4 Å². The Morgan fingerprint density at radius 2 is 2.16 bits per heavy atom. The number of hydrogen-bond acceptors (Lipinski definition) is 4. The fourth-order valence-corrected chi connectivity index (χ4v) is 2.00. The van der Waals surface area contributed by atoms with Gasteiger partial charge in [0.15, 0.2) is 5.41 Å². The molecule has 0 aliphatic heterocycles. The van der Waals surface area contributed by atoms with Gasteiger partial charge in [-0.3, -0.25) is 9.59 Å². The lowest BCUT2D eigenvalue weighted by Crippen LogP contribution is -2.41. The molecule has 1 aromatic heterocycles. The second-order valence-corrected chi connectivity index (χ2v) is 4.42. The molecule has 0 saturated heterocycles. The van der Waals surface area contributed by atoms with Gasteiger partial charge >= 0.3 is 11.9 Å². The number of carbonyl (C=O) groups excluding carboxylic acids is 1. The molecule has 0 fully saturated rings. The number of aromatic nitrogens is 2. The molecule has 0 aliphatic carbocycles. The average molecular weight is 268 g/mol. The van der Waals surface area contributed by atoms with Gasteiger partial charge in [0.05, 0.1) is 6.61 Å². The van der Waals surface area contributed by atoms with E-state index in [0.29, 0.717) is 6.42 Å². The predicted octanol–water partition coefficient (Wildman–Crippen LogP) is 1.40. The van der Waals surface area contributed by atoms with Crippen molar-refractivity contribution in [1.29, 1.82) is 0 Å². The lowest BCUT2D eigenvalue weighted by molar-refractivity contribution is -0.169. The van der Waals surface area contributed by atoms with Gasteiger partial charge in [-0.2, -0.15) is 0 Å². The van der Waals surface area contributed by atoms with Gasteiger partial charge in [0.1, 0.15) is 5.82 Å². The number of rotatable bonds is 7. The van der Waals surface area contributed by atoms with Crippen LogP contribution in [0.25, 0.3) is 0 Å². The highest BCUT2D eigenvalue weighted by Gasteiger charge is 2.45. The molecule has 1 rings (SSSR count). The summed E-state index contributed by atoms with van der Waals surface area (Å²) in [5, 5.41) is 9.39. The molecular weight excluding hydrogens is 248 g/mol. The quantitative estimate of drug-likeness (QED) is 0.597. The minimum atomic E-state index is -1.48. The summed E-state index contributed by atoms with van der Waals surface area (Å²) in [6.45, 7) is 3.53. The molecule has 1 N–H and O–H groups in total. The number of aliphatic carboxylic acids is 1. The standard InChI is InChI=1S/C13H20N2O4/c1-4-13(11(16)17,12(18)19-5-2)7-6-10-14-8-9-15(10)3/h8-9H,4-7H2,1-3H3,(H,16,17). The van der Waals surface area contributed by atoms with Crippen LogP contribution in [0, 0.1) is 5.41 Å². The van der Waals surface area contributed by atoms with Gasteiger partial charge in [-0.25, -0.2) is 4.98 Å². The number of ether oxygens (including phenoxy) is 1. The van der Waals surface area contributed by atoms with E-state index in [1.165, 1.54) is 0 Å². The van der Waals surface area contributed by atoms with Crippen LogP contribution >= 0.6 is 0 Å². The van der Waals surface area contributed by atoms with Crippen LogP contribution in [0.2, 0.25) is 0 Å². The zero-order valence-corrected chi connectivity index (χ0v) is 11.5. The summed E-state index contributed by atoms with van der Waals surface area (Å²) in [7, 11) is 1.83. The fraction of sp³-hybridized carbons (Fsp3) is 0.615. The van der Waals surface area contributed by atoms with Crippen molar-refractivity contribution in [2.45, 2.75) is 33.1 Å². The van der Waals surface area contributed by atoms with E-state index < -0.39 is 17.4 Å². The Morgan fingerprint density at radius 1 is 1.47 bits per heavy atom. The van der Waals surface area contributed by atoms with Gasteiger partial charge in [0, 0.05) is 25.9 Å². The van der Waals surface area contributed by atoms with Crippen LogP contribution < -0.4 is 0 Å². The molecular formula is C13H20N2O4. The molecule has 6 heteroatoms. The summed E-state index contributed by atoms with van der Waals surface area (Å²) >= 11 is 0. The fourth-order valence-electron chi connectivity index (χ4n) is 2.00. The van der Waals surface area contributed by atoms with Crippen molar-refractivity contribution in [3.05, 3.63) is 18.2 Å². The predicted molar refractivity (Wildman–Crippen MR) is 68.5 cm³/mol. The van der Waals surface area contributed by atoms with E-state index in [9.17, 15) is 14.7 Å². The maximum Gasteiger partial charge on any atom is 0.323 e. The largest absolute Gasteiger partial charge is 0.480 e. The Balaban J connectivity index is 2.89. The van der Waals surface area contributed by atoms with E-state index in [1.807, 2.05) is 11.6 Å². The summed E-state index contributed by atoms with van der Waals surface area (Å²) in [5.74, 6) is -1.05. The van der Waals surface area contributed by atoms with Crippen LogP contribution in [0.1, 0.15) is 32.5 Å². The Labute approximate surface area is 112 Å². The lowest BCUT2D eigenvalue weighted by atomic mass is 9.80. The zero-order valence-electron chi connectivity index (χ0n) is 11.5. The molecule has 6 nitrogen and oxygen atoms in total. The van der Waals surface area contributed by atoms with Crippen molar-refractivity contribution in [3.63, 3.8) is 0 Å². The molecule has 106 valence electrons. The van der Waals surface area contributed by atoms with E-state index in [4.69, 9.17) is 4.74 Å². The second kappa shape index (κ2) is 6.36. The first kappa shape index (κ1) is 15.2. The Hall–Kier alpha value is -1.85. The monoisotopic (exact) mass is 268 g/mol. The molecule has 0 aliphatic rings. The summed E-state index contributed by atoms with van der Waals surface area (Å²) in [6, 6.07) is 0. The number of imidazole rings is 1. The number of nitrogens with zero attached hydrogens (tertiary/aromatic N) is 2. The van der Waals surface area contributed by atoms with Crippen LogP contribution in [0.3, 0.4) is 0 Å². The van der Waals surface area contributed by atoms with Crippen molar-refractivity contribution < 1.29 is 19.4 Å². The summed E-state index contributed by atoms with van der Waals surface area (Å²) in [6.07, 6.45) is 4.23. The number of esters is 1. The first-order chi connectivity index (χ1) is 8.97. The number of carboxylic acid groups (broad SMARTS) is 1. The molecule has 19 heavy (non-hydrogen) atoms. The van der Waals surface area contributed by atoms with E-state index in [2.05, 4.69) is 4.98 Å². The number of aryl methyl sites for hydroxylation is 2. The molecule has 0 radical (unpaired) electrons. The highest BCUT2D eigenvalue weighted by Crippen LogP contribution is 2.30. The SMILES string of the molecule is CCOC(=O)C(CC)(CCc1nccn1C)C(=O)O. The maximum atomic E-state index is 12.0. The third kappa shape index (κ3) is 3.13. The molecule has 0 saturated carbocycles. The Kier molecular flexibility index (Phi) is 5.09. The molecule has 1 aromatic rings. The molecule has 1 unspecified atom stereocenters. The van der Waals surface area contributed by atoms with Crippen molar-refractivity contribution in [2.75, 3.05) is 6.61 Å². The number of hydrogen-bond donors (Lipinski definition) is 1. The van der Waals surface area contributed by atoms with Crippen LogP contribution in [0.4, 0.5) is 0 Å². The minimum absolute atomic E-state index is 0.177. The van der Waals surface area contributed by atoms with Crippen molar-refractivity contribution in [2.24, 2.45) is 12.5 Å². The van der Waals surface area contributed by atoms with E-state index in [1.54, 1.807) is 26.2 Å². The van der Waals surface area contributed by atoms with Crippen LogP contribution in [-0.4, -0.2) is 33.2 Å². The topological polar surface area (TPSA) is 81.4 Å². The number of carboxylic acids is 1. The Bertz CT molecular complexity index is 455. The summed E-state index contributed by atoms with van der Waals surface area (Å²) in [4.78, 5) is 27.6. The lowest BCUT2D eigenvalue weighted by Gasteiger charge is -2.25. The molecule has 0 amide bonds. The molecule has 1 atom stereocenters. The van der Waals surface area contributed by atoms with Crippen molar-refractivity contribution in [3.8, 4) is 0 Å². The first-order valence-electron chi connectivity index (χ1n) is 6.34.